The SMILES string of the molecule is CCC(C)C(C)n1c(C)cc(C(=O)O)c1C. The monoisotopic (exact) mass is 223 g/mol. The topological polar surface area (TPSA) is 42.2 Å². The predicted octanol–water partition coefficient (Wildman–Crippen LogP) is 3.41. The number of aromatic nitrogens is 1. The summed E-state index contributed by atoms with van der Waals surface area (Å²) in [6, 6.07) is 2.11. The van der Waals surface area contributed by atoms with Crippen LogP contribution in [0.15, 0.2) is 6.07 Å². The second-order valence-electron chi connectivity index (χ2n) is 4.59. The molecule has 1 N–H and O–H groups in total. The van der Waals surface area contributed by atoms with Gasteiger partial charge in [0.1, 0.15) is 0 Å². The van der Waals surface area contributed by atoms with E-state index in [1.165, 1.54) is 0 Å². The number of rotatable bonds is 4. The Kier molecular flexibility index (Phi) is 3.79. The molecule has 90 valence electrons. The van der Waals surface area contributed by atoms with Crippen LogP contribution in [0.3, 0.4) is 0 Å². The van der Waals surface area contributed by atoms with Gasteiger partial charge >= 0.3 is 5.97 Å². The molecule has 0 saturated heterocycles. The van der Waals surface area contributed by atoms with Crippen molar-refractivity contribution in [3.63, 3.8) is 0 Å². The summed E-state index contributed by atoms with van der Waals surface area (Å²) in [5.41, 5.74) is 2.31. The minimum absolute atomic E-state index is 0.345. The van der Waals surface area contributed by atoms with Gasteiger partial charge in [0.05, 0.1) is 5.56 Å². The summed E-state index contributed by atoms with van der Waals surface area (Å²) in [5, 5.41) is 9.07. The van der Waals surface area contributed by atoms with Crippen molar-refractivity contribution < 1.29 is 9.90 Å². The summed E-state index contributed by atoms with van der Waals surface area (Å²) in [5.74, 6) is -0.290. The van der Waals surface area contributed by atoms with E-state index in [2.05, 4.69) is 25.3 Å². The van der Waals surface area contributed by atoms with E-state index in [4.69, 9.17) is 5.11 Å². The Morgan fingerprint density at radius 3 is 2.38 bits per heavy atom. The molecule has 1 rings (SSSR count). The number of hydrogen-bond donors (Lipinski definition) is 1. The molecule has 0 aliphatic heterocycles. The van der Waals surface area contributed by atoms with Crippen LogP contribution in [-0.4, -0.2) is 15.6 Å². The molecule has 0 aromatic carbocycles. The molecule has 0 saturated carbocycles. The normalized spacial score (nSPS) is 14.8. The molecule has 2 unspecified atom stereocenters. The molecule has 0 spiro atoms. The fraction of sp³-hybridized carbons (Fsp3) is 0.615. The highest BCUT2D eigenvalue weighted by Gasteiger charge is 2.20. The number of aromatic carboxylic acids is 1. The molecule has 3 nitrogen and oxygen atoms in total. The maximum atomic E-state index is 11.0. The molecule has 3 heteroatoms. The zero-order valence-corrected chi connectivity index (χ0v) is 10.7. The molecule has 1 aromatic heterocycles. The predicted molar refractivity (Wildman–Crippen MR) is 65.0 cm³/mol. The highest BCUT2D eigenvalue weighted by molar-refractivity contribution is 5.89. The first kappa shape index (κ1) is 12.8. The average molecular weight is 223 g/mol. The number of carbonyl (C=O) groups is 1. The number of aryl methyl sites for hydroxylation is 1. The standard InChI is InChI=1S/C13H21NO2/c1-6-8(2)10(4)14-9(3)7-12(11(14)5)13(15)16/h7-8,10H,6H2,1-5H3,(H,15,16). The van der Waals surface area contributed by atoms with Gasteiger partial charge in [0.25, 0.3) is 0 Å². The molecule has 0 aliphatic rings. The van der Waals surface area contributed by atoms with Gasteiger partial charge in [-0.2, -0.15) is 0 Å². The van der Waals surface area contributed by atoms with Crippen LogP contribution in [0, 0.1) is 19.8 Å². The first-order chi connectivity index (χ1) is 7.40. The lowest BCUT2D eigenvalue weighted by atomic mass is 10.0. The summed E-state index contributed by atoms with van der Waals surface area (Å²) in [4.78, 5) is 11.0. The fourth-order valence-electron chi connectivity index (χ4n) is 2.22. The zero-order valence-electron chi connectivity index (χ0n) is 10.7. The average Bonchev–Trinajstić information content (AvgIpc) is 2.52. The van der Waals surface area contributed by atoms with Crippen molar-refractivity contribution in [2.24, 2.45) is 5.92 Å². The first-order valence-corrected chi connectivity index (χ1v) is 5.81. The maximum Gasteiger partial charge on any atom is 0.337 e. The van der Waals surface area contributed by atoms with Gasteiger partial charge in [-0.25, -0.2) is 4.79 Å². The lowest BCUT2D eigenvalue weighted by Gasteiger charge is -2.24. The van der Waals surface area contributed by atoms with Gasteiger partial charge in [0.15, 0.2) is 0 Å². The summed E-state index contributed by atoms with van der Waals surface area (Å²) in [6.45, 7) is 10.4. The van der Waals surface area contributed by atoms with E-state index in [0.717, 1.165) is 17.8 Å². The number of carboxylic acid groups (broad SMARTS) is 1. The van der Waals surface area contributed by atoms with Gasteiger partial charge < -0.3 is 9.67 Å². The highest BCUT2D eigenvalue weighted by Crippen LogP contribution is 2.26. The van der Waals surface area contributed by atoms with Crippen LogP contribution in [0.4, 0.5) is 0 Å². The second kappa shape index (κ2) is 4.73. The molecular formula is C13H21NO2. The van der Waals surface area contributed by atoms with Crippen LogP contribution in [0.1, 0.15) is 55.0 Å². The molecular weight excluding hydrogens is 202 g/mol. The Morgan fingerprint density at radius 2 is 2.00 bits per heavy atom. The number of hydrogen-bond acceptors (Lipinski definition) is 1. The lowest BCUT2D eigenvalue weighted by molar-refractivity contribution is 0.0696. The van der Waals surface area contributed by atoms with Crippen molar-refractivity contribution in [2.75, 3.05) is 0 Å². The molecule has 0 aliphatic carbocycles. The minimum Gasteiger partial charge on any atom is -0.478 e. The van der Waals surface area contributed by atoms with Gasteiger partial charge in [-0.1, -0.05) is 20.3 Å². The van der Waals surface area contributed by atoms with E-state index in [-0.39, 0.29) is 0 Å². The fourth-order valence-corrected chi connectivity index (χ4v) is 2.22. The second-order valence-corrected chi connectivity index (χ2v) is 4.59. The van der Waals surface area contributed by atoms with Crippen LogP contribution >= 0.6 is 0 Å². The van der Waals surface area contributed by atoms with Crippen molar-refractivity contribution in [3.05, 3.63) is 23.0 Å². The van der Waals surface area contributed by atoms with E-state index < -0.39 is 5.97 Å². The Bertz CT molecular complexity index is 393. The van der Waals surface area contributed by atoms with Crippen LogP contribution in [0.5, 0.6) is 0 Å². The smallest absolute Gasteiger partial charge is 0.337 e. The molecule has 1 aromatic rings. The van der Waals surface area contributed by atoms with E-state index in [0.29, 0.717) is 17.5 Å². The Balaban J connectivity index is 3.19. The van der Waals surface area contributed by atoms with Gasteiger partial charge in [0.2, 0.25) is 0 Å². The minimum atomic E-state index is -0.837. The molecule has 2 atom stereocenters. The maximum absolute atomic E-state index is 11.0. The summed E-state index contributed by atoms with van der Waals surface area (Å²) in [6.07, 6.45) is 1.10. The van der Waals surface area contributed by atoms with Crippen LogP contribution in [0.2, 0.25) is 0 Å². The van der Waals surface area contributed by atoms with Crippen LogP contribution in [0.25, 0.3) is 0 Å². The van der Waals surface area contributed by atoms with Crippen molar-refractivity contribution in [2.45, 2.75) is 47.1 Å². The molecule has 0 radical (unpaired) electrons. The Hall–Kier alpha value is -1.25. The largest absolute Gasteiger partial charge is 0.478 e. The van der Waals surface area contributed by atoms with Gasteiger partial charge in [-0.15, -0.1) is 0 Å². The summed E-state index contributed by atoms with van der Waals surface area (Å²) in [7, 11) is 0. The molecule has 0 bridgehead atoms. The van der Waals surface area contributed by atoms with E-state index in [9.17, 15) is 4.79 Å². The van der Waals surface area contributed by atoms with Crippen molar-refractivity contribution in [1.82, 2.24) is 4.57 Å². The van der Waals surface area contributed by atoms with Gasteiger partial charge in [-0.05, 0) is 32.8 Å². The van der Waals surface area contributed by atoms with E-state index in [1.807, 2.05) is 13.8 Å². The van der Waals surface area contributed by atoms with Crippen molar-refractivity contribution >= 4 is 5.97 Å². The van der Waals surface area contributed by atoms with Crippen molar-refractivity contribution in [1.29, 1.82) is 0 Å². The van der Waals surface area contributed by atoms with Gasteiger partial charge in [-0.3, -0.25) is 0 Å². The third-order valence-corrected chi connectivity index (χ3v) is 3.59. The third-order valence-electron chi connectivity index (χ3n) is 3.59. The lowest BCUT2D eigenvalue weighted by Crippen LogP contribution is -2.16. The quantitative estimate of drug-likeness (QED) is 0.850. The first-order valence-electron chi connectivity index (χ1n) is 5.81. The van der Waals surface area contributed by atoms with Crippen molar-refractivity contribution in [3.8, 4) is 0 Å². The molecule has 1 heterocycles. The van der Waals surface area contributed by atoms with Crippen LogP contribution < -0.4 is 0 Å². The van der Waals surface area contributed by atoms with Gasteiger partial charge in [0, 0.05) is 17.4 Å². The Labute approximate surface area is 97.1 Å². The van der Waals surface area contributed by atoms with Crippen LogP contribution in [-0.2, 0) is 0 Å². The molecule has 0 amide bonds. The van der Waals surface area contributed by atoms with E-state index >= 15 is 0 Å². The Morgan fingerprint density at radius 1 is 1.44 bits per heavy atom. The zero-order chi connectivity index (χ0) is 12.5. The number of carboxylic acids is 1. The summed E-state index contributed by atoms with van der Waals surface area (Å²) >= 11 is 0. The summed E-state index contributed by atoms with van der Waals surface area (Å²) < 4.78 is 2.14. The molecule has 0 fully saturated rings. The van der Waals surface area contributed by atoms with E-state index in [1.54, 1.807) is 6.07 Å². The number of nitrogens with zero attached hydrogens (tertiary/aromatic N) is 1. The highest BCUT2D eigenvalue weighted by atomic mass is 16.4. The third kappa shape index (κ3) is 2.13. The molecule has 16 heavy (non-hydrogen) atoms.